The van der Waals surface area contributed by atoms with E-state index in [-0.39, 0.29) is 17.4 Å². The molecule has 2 aromatic heterocycles. The van der Waals surface area contributed by atoms with Gasteiger partial charge in [-0.15, -0.1) is 0 Å². The molecule has 0 bridgehead atoms. The Kier molecular flexibility index (Phi) is 7.27. The molecule has 0 amide bonds. The summed E-state index contributed by atoms with van der Waals surface area (Å²) in [6, 6.07) is 17.0. The molecule has 1 saturated carbocycles. The highest BCUT2D eigenvalue weighted by atomic mass is 32.2. The molecule has 0 spiro atoms. The number of rotatable bonds is 7. The number of nitrogens with zero attached hydrogens (tertiary/aromatic N) is 3. The lowest BCUT2D eigenvalue weighted by Crippen LogP contribution is -2.28. The van der Waals surface area contributed by atoms with Crippen LogP contribution in [0.1, 0.15) is 49.3 Å². The largest absolute Gasteiger partial charge is 0.307 e. The van der Waals surface area contributed by atoms with Gasteiger partial charge in [0.2, 0.25) is 0 Å². The van der Waals surface area contributed by atoms with Crippen LogP contribution in [0.15, 0.2) is 64.5 Å². The first-order chi connectivity index (χ1) is 16.6. The van der Waals surface area contributed by atoms with E-state index < -0.39 is 0 Å². The van der Waals surface area contributed by atoms with Gasteiger partial charge in [-0.05, 0) is 54.7 Å². The molecule has 176 valence electrons. The minimum Gasteiger partial charge on any atom is -0.307 e. The van der Waals surface area contributed by atoms with Gasteiger partial charge < -0.3 is 4.57 Å². The van der Waals surface area contributed by atoms with Crippen LogP contribution in [0.5, 0.6) is 0 Å². The standard InChI is InChI=1S/C26H26FN3OS3/c27-20-11-7-10-19(16-20)17-33-25-28-23-22(24(31)30(25)21-12-5-2-6-13-21)34-26(32)29(23)15-14-18-8-3-1-4-9-18/h1,3-4,7-11,16,21H,2,5-6,12-15,17H2. The van der Waals surface area contributed by atoms with Crippen molar-refractivity contribution in [3.05, 3.63) is 85.8 Å². The van der Waals surface area contributed by atoms with Gasteiger partial charge in [-0.3, -0.25) is 9.36 Å². The summed E-state index contributed by atoms with van der Waals surface area (Å²) >= 11 is 8.54. The van der Waals surface area contributed by atoms with Crippen LogP contribution in [0.4, 0.5) is 4.39 Å². The van der Waals surface area contributed by atoms with Gasteiger partial charge in [0.1, 0.15) is 10.5 Å². The summed E-state index contributed by atoms with van der Waals surface area (Å²) in [6.45, 7) is 0.677. The molecular weight excluding hydrogens is 486 g/mol. The van der Waals surface area contributed by atoms with Gasteiger partial charge >= 0.3 is 0 Å². The number of fused-ring (bicyclic) bond motifs is 1. The Balaban J connectivity index is 1.55. The van der Waals surface area contributed by atoms with Gasteiger partial charge in [0.15, 0.2) is 14.8 Å². The van der Waals surface area contributed by atoms with Crippen LogP contribution in [0.3, 0.4) is 0 Å². The molecule has 34 heavy (non-hydrogen) atoms. The third-order valence-electron chi connectivity index (χ3n) is 6.35. The first-order valence-electron chi connectivity index (χ1n) is 11.7. The molecule has 4 nitrogen and oxygen atoms in total. The Morgan fingerprint density at radius 1 is 1.06 bits per heavy atom. The van der Waals surface area contributed by atoms with Gasteiger partial charge in [-0.25, -0.2) is 9.37 Å². The predicted molar refractivity (Wildman–Crippen MR) is 141 cm³/mol. The van der Waals surface area contributed by atoms with Crippen LogP contribution in [-0.4, -0.2) is 14.1 Å². The molecule has 8 heteroatoms. The zero-order valence-electron chi connectivity index (χ0n) is 18.8. The van der Waals surface area contributed by atoms with Crippen LogP contribution in [0.2, 0.25) is 0 Å². The second-order valence-corrected chi connectivity index (χ2v) is 11.3. The fourth-order valence-electron chi connectivity index (χ4n) is 4.61. The van der Waals surface area contributed by atoms with Crippen molar-refractivity contribution >= 4 is 45.7 Å². The number of benzene rings is 2. The van der Waals surface area contributed by atoms with E-state index in [0.29, 0.717) is 31.8 Å². The number of thioether (sulfide) groups is 1. The lowest BCUT2D eigenvalue weighted by atomic mass is 9.95. The van der Waals surface area contributed by atoms with E-state index in [1.165, 1.54) is 41.1 Å². The molecule has 0 saturated heterocycles. The Hall–Kier alpha value is -2.29. The number of hydrogen-bond acceptors (Lipinski definition) is 5. The van der Waals surface area contributed by atoms with Gasteiger partial charge in [0.25, 0.3) is 5.56 Å². The van der Waals surface area contributed by atoms with E-state index in [0.717, 1.165) is 37.7 Å². The summed E-state index contributed by atoms with van der Waals surface area (Å²) in [5, 5.41) is 0.704. The van der Waals surface area contributed by atoms with Crippen molar-refractivity contribution in [3.8, 4) is 0 Å². The van der Waals surface area contributed by atoms with Crippen molar-refractivity contribution in [2.24, 2.45) is 0 Å². The average molecular weight is 512 g/mol. The first-order valence-corrected chi connectivity index (χ1v) is 13.9. The third kappa shape index (κ3) is 5.04. The molecule has 4 aromatic rings. The highest BCUT2D eigenvalue weighted by molar-refractivity contribution is 7.98. The zero-order chi connectivity index (χ0) is 23.5. The maximum Gasteiger partial charge on any atom is 0.274 e. The summed E-state index contributed by atoms with van der Waals surface area (Å²) in [4.78, 5) is 18.8. The molecule has 0 unspecified atom stereocenters. The Bertz CT molecular complexity index is 1400. The SMILES string of the molecule is O=c1c2sc(=S)n(CCc3ccccc3)c2nc(SCc2cccc(F)c2)n1C1CCCCC1. The minimum atomic E-state index is -0.251. The topological polar surface area (TPSA) is 39.8 Å². The van der Waals surface area contributed by atoms with Crippen LogP contribution < -0.4 is 5.56 Å². The van der Waals surface area contributed by atoms with Crippen molar-refractivity contribution in [2.75, 3.05) is 0 Å². The maximum atomic E-state index is 13.8. The number of hydrogen-bond donors (Lipinski definition) is 0. The van der Waals surface area contributed by atoms with Crippen LogP contribution in [0, 0.1) is 9.77 Å². The average Bonchev–Trinajstić information content (AvgIpc) is 3.18. The fourth-order valence-corrected chi connectivity index (χ4v) is 6.93. The van der Waals surface area contributed by atoms with Gasteiger partial charge in [-0.2, -0.15) is 0 Å². The van der Waals surface area contributed by atoms with Crippen molar-refractivity contribution in [1.29, 1.82) is 0 Å². The zero-order valence-corrected chi connectivity index (χ0v) is 21.2. The minimum absolute atomic E-state index is 0.00760. The number of halogens is 1. The van der Waals surface area contributed by atoms with E-state index >= 15 is 0 Å². The summed E-state index contributed by atoms with van der Waals surface area (Å²) < 4.78 is 18.9. The number of thiazole rings is 1. The van der Waals surface area contributed by atoms with Gasteiger partial charge in [0.05, 0.1) is 0 Å². The number of aromatic nitrogens is 3. The molecule has 0 N–H and O–H groups in total. The first kappa shape index (κ1) is 23.5. The maximum absolute atomic E-state index is 13.8. The van der Waals surface area contributed by atoms with Crippen LogP contribution >= 0.6 is 35.3 Å². The third-order valence-corrected chi connectivity index (χ3v) is 8.80. The van der Waals surface area contributed by atoms with E-state index in [2.05, 4.69) is 12.1 Å². The summed E-state index contributed by atoms with van der Waals surface area (Å²) in [6.07, 6.45) is 6.25. The molecule has 0 aliphatic heterocycles. The molecule has 0 radical (unpaired) electrons. The van der Waals surface area contributed by atoms with Crippen LogP contribution in [0.25, 0.3) is 10.3 Å². The highest BCUT2D eigenvalue weighted by Crippen LogP contribution is 2.33. The van der Waals surface area contributed by atoms with Crippen molar-refractivity contribution in [3.63, 3.8) is 0 Å². The summed E-state index contributed by atoms with van der Waals surface area (Å²) in [5.41, 5.74) is 2.78. The summed E-state index contributed by atoms with van der Waals surface area (Å²) in [7, 11) is 0. The molecular formula is C26H26FN3OS3. The Morgan fingerprint density at radius 2 is 1.82 bits per heavy atom. The quantitative estimate of drug-likeness (QED) is 0.150. The normalized spacial score (nSPS) is 14.6. The molecule has 0 atom stereocenters. The smallest absolute Gasteiger partial charge is 0.274 e. The lowest BCUT2D eigenvalue weighted by molar-refractivity contribution is 0.326. The molecule has 1 aliphatic carbocycles. The fraction of sp³-hybridized carbons (Fsp3) is 0.346. The monoisotopic (exact) mass is 511 g/mol. The second-order valence-electron chi connectivity index (χ2n) is 8.69. The van der Waals surface area contributed by atoms with E-state index in [4.69, 9.17) is 17.2 Å². The van der Waals surface area contributed by atoms with Gasteiger partial charge in [-0.1, -0.05) is 84.8 Å². The van der Waals surface area contributed by atoms with Crippen LogP contribution in [-0.2, 0) is 18.7 Å². The Morgan fingerprint density at radius 3 is 2.59 bits per heavy atom. The lowest BCUT2D eigenvalue weighted by Gasteiger charge is -2.25. The van der Waals surface area contributed by atoms with Crippen molar-refractivity contribution in [1.82, 2.24) is 14.1 Å². The summed E-state index contributed by atoms with van der Waals surface area (Å²) in [5.74, 6) is 0.302. The highest BCUT2D eigenvalue weighted by Gasteiger charge is 2.24. The van der Waals surface area contributed by atoms with E-state index in [9.17, 15) is 9.18 Å². The van der Waals surface area contributed by atoms with Crippen molar-refractivity contribution < 1.29 is 4.39 Å². The Labute approximate surface area is 211 Å². The van der Waals surface area contributed by atoms with E-state index in [1.54, 1.807) is 12.1 Å². The molecule has 5 rings (SSSR count). The van der Waals surface area contributed by atoms with Gasteiger partial charge in [0, 0.05) is 18.3 Å². The van der Waals surface area contributed by atoms with E-state index in [1.807, 2.05) is 33.4 Å². The predicted octanol–water partition coefficient (Wildman–Crippen LogP) is 7.17. The second kappa shape index (κ2) is 10.5. The number of aryl methyl sites for hydroxylation is 2. The van der Waals surface area contributed by atoms with Crippen molar-refractivity contribution in [2.45, 2.75) is 62.0 Å². The molecule has 1 fully saturated rings. The molecule has 2 aromatic carbocycles. The molecule has 1 aliphatic rings. The molecule has 2 heterocycles.